The van der Waals surface area contributed by atoms with Gasteiger partial charge in [-0.2, -0.15) is 5.10 Å². The third-order valence-electron chi connectivity index (χ3n) is 3.39. The molecule has 1 aromatic rings. The molecule has 1 aromatic heterocycles. The third kappa shape index (κ3) is 5.63. The summed E-state index contributed by atoms with van der Waals surface area (Å²) in [4.78, 5) is 0. The Morgan fingerprint density at radius 3 is 2.55 bits per heavy atom. The maximum Gasteiger partial charge on any atom is 0.147 e. The number of nitrogens with zero attached hydrogens (tertiary/aromatic N) is 2. The van der Waals surface area contributed by atoms with E-state index in [9.17, 15) is 8.42 Å². The van der Waals surface area contributed by atoms with Crippen LogP contribution in [0.4, 0.5) is 0 Å². The molecule has 1 rings (SSSR count). The minimum atomic E-state index is -2.88. The van der Waals surface area contributed by atoms with Gasteiger partial charge in [-0.3, -0.25) is 4.68 Å². The number of sulfone groups is 1. The van der Waals surface area contributed by atoms with Crippen molar-refractivity contribution in [2.45, 2.75) is 46.6 Å². The Labute approximate surface area is 122 Å². The number of rotatable bonds is 9. The van der Waals surface area contributed by atoms with Crippen LogP contribution in [0.15, 0.2) is 0 Å². The van der Waals surface area contributed by atoms with Crippen molar-refractivity contribution in [1.82, 2.24) is 15.1 Å². The van der Waals surface area contributed by atoms with Gasteiger partial charge < -0.3 is 5.32 Å². The molecule has 0 amide bonds. The van der Waals surface area contributed by atoms with Gasteiger partial charge in [-0.05, 0) is 51.8 Å². The Morgan fingerprint density at radius 1 is 1.25 bits per heavy atom. The van der Waals surface area contributed by atoms with E-state index >= 15 is 0 Å². The summed E-state index contributed by atoms with van der Waals surface area (Å²) in [7, 11) is -2.88. The quantitative estimate of drug-likeness (QED) is 0.702. The van der Waals surface area contributed by atoms with Gasteiger partial charge >= 0.3 is 0 Å². The number of nitrogens with one attached hydrogen (secondary N) is 1. The largest absolute Gasteiger partial charge is 0.316 e. The van der Waals surface area contributed by atoms with Gasteiger partial charge in [-0.15, -0.1) is 0 Å². The van der Waals surface area contributed by atoms with Crippen LogP contribution in [0.3, 0.4) is 0 Å². The minimum absolute atomic E-state index is 0.221. The molecule has 0 fully saturated rings. The average Bonchev–Trinajstić information content (AvgIpc) is 2.60. The van der Waals surface area contributed by atoms with Crippen LogP contribution in [-0.4, -0.2) is 43.3 Å². The van der Waals surface area contributed by atoms with Crippen molar-refractivity contribution in [2.75, 3.05) is 25.1 Å². The highest BCUT2D eigenvalue weighted by Crippen LogP contribution is 2.14. The summed E-state index contributed by atoms with van der Waals surface area (Å²) < 4.78 is 24.2. The molecule has 116 valence electrons. The maximum atomic E-state index is 11.1. The highest BCUT2D eigenvalue weighted by atomic mass is 32.2. The molecule has 0 spiro atoms. The standard InChI is InChI=1S/C14H27N3O2S/c1-5-8-15-9-7-14-12(2)16-17(13(14)3)10-6-11-20(4,18)19/h15H,5-11H2,1-4H3. The average molecular weight is 301 g/mol. The molecule has 0 radical (unpaired) electrons. The van der Waals surface area contributed by atoms with Crippen molar-refractivity contribution in [3.63, 3.8) is 0 Å². The van der Waals surface area contributed by atoms with Gasteiger partial charge in [0.25, 0.3) is 0 Å². The zero-order valence-electron chi connectivity index (χ0n) is 13.1. The van der Waals surface area contributed by atoms with Crippen LogP contribution in [0.2, 0.25) is 0 Å². The molecule has 0 aliphatic rings. The first-order chi connectivity index (χ1) is 9.35. The molecule has 0 atom stereocenters. The van der Waals surface area contributed by atoms with E-state index in [0.29, 0.717) is 13.0 Å². The number of hydrogen-bond donors (Lipinski definition) is 1. The Balaban J connectivity index is 2.57. The van der Waals surface area contributed by atoms with Crippen molar-refractivity contribution < 1.29 is 8.42 Å². The second kappa shape index (κ2) is 7.78. The zero-order valence-corrected chi connectivity index (χ0v) is 13.9. The van der Waals surface area contributed by atoms with Crippen LogP contribution in [0.1, 0.15) is 36.7 Å². The Bertz CT molecular complexity index is 521. The lowest BCUT2D eigenvalue weighted by Gasteiger charge is -2.06. The van der Waals surface area contributed by atoms with Gasteiger partial charge in [0.15, 0.2) is 0 Å². The smallest absolute Gasteiger partial charge is 0.147 e. The fourth-order valence-electron chi connectivity index (χ4n) is 2.31. The molecule has 0 aliphatic carbocycles. The Morgan fingerprint density at radius 2 is 1.95 bits per heavy atom. The van der Waals surface area contributed by atoms with Crippen LogP contribution in [-0.2, 0) is 22.8 Å². The molecular formula is C14H27N3O2S. The van der Waals surface area contributed by atoms with Crippen LogP contribution in [0, 0.1) is 13.8 Å². The molecule has 1 heterocycles. The summed E-state index contributed by atoms with van der Waals surface area (Å²) in [5, 5.41) is 7.92. The van der Waals surface area contributed by atoms with Gasteiger partial charge in [0.1, 0.15) is 9.84 Å². The molecule has 0 saturated heterocycles. The van der Waals surface area contributed by atoms with E-state index in [2.05, 4.69) is 24.3 Å². The first kappa shape index (κ1) is 17.2. The summed E-state index contributed by atoms with van der Waals surface area (Å²) >= 11 is 0. The van der Waals surface area contributed by atoms with Crippen molar-refractivity contribution >= 4 is 9.84 Å². The van der Waals surface area contributed by atoms with Gasteiger partial charge in [0.05, 0.1) is 11.4 Å². The van der Waals surface area contributed by atoms with Gasteiger partial charge in [0, 0.05) is 18.5 Å². The molecule has 20 heavy (non-hydrogen) atoms. The van der Waals surface area contributed by atoms with Crippen LogP contribution >= 0.6 is 0 Å². The molecule has 0 aliphatic heterocycles. The maximum absolute atomic E-state index is 11.1. The van der Waals surface area contributed by atoms with Crippen molar-refractivity contribution in [1.29, 1.82) is 0 Å². The van der Waals surface area contributed by atoms with E-state index in [-0.39, 0.29) is 5.75 Å². The predicted octanol–water partition coefficient (Wildman–Crippen LogP) is 1.48. The Kier molecular flexibility index (Phi) is 6.68. The second-order valence-electron chi connectivity index (χ2n) is 5.36. The predicted molar refractivity (Wildman–Crippen MR) is 82.9 cm³/mol. The Hall–Kier alpha value is -0.880. The van der Waals surface area contributed by atoms with Gasteiger partial charge in [0.2, 0.25) is 0 Å². The van der Waals surface area contributed by atoms with E-state index in [1.807, 2.05) is 11.6 Å². The number of hydrogen-bond acceptors (Lipinski definition) is 4. The lowest BCUT2D eigenvalue weighted by atomic mass is 10.1. The summed E-state index contributed by atoms with van der Waals surface area (Å²) in [6.45, 7) is 8.92. The summed E-state index contributed by atoms with van der Waals surface area (Å²) in [6, 6.07) is 0. The summed E-state index contributed by atoms with van der Waals surface area (Å²) in [5.41, 5.74) is 3.50. The molecule has 5 nitrogen and oxygen atoms in total. The first-order valence-electron chi connectivity index (χ1n) is 7.26. The zero-order chi connectivity index (χ0) is 15.2. The highest BCUT2D eigenvalue weighted by molar-refractivity contribution is 7.90. The van der Waals surface area contributed by atoms with Gasteiger partial charge in [-0.25, -0.2) is 8.42 Å². The molecule has 0 unspecified atom stereocenters. The topological polar surface area (TPSA) is 64.0 Å². The van der Waals surface area contributed by atoms with E-state index in [0.717, 1.165) is 37.3 Å². The molecular weight excluding hydrogens is 274 g/mol. The number of aryl methyl sites for hydroxylation is 2. The van der Waals surface area contributed by atoms with Crippen molar-refractivity contribution in [2.24, 2.45) is 0 Å². The summed E-state index contributed by atoms with van der Waals surface area (Å²) in [6.07, 6.45) is 4.01. The summed E-state index contributed by atoms with van der Waals surface area (Å²) in [5.74, 6) is 0.221. The molecule has 1 N–H and O–H groups in total. The fraction of sp³-hybridized carbons (Fsp3) is 0.786. The minimum Gasteiger partial charge on any atom is -0.316 e. The molecule has 0 aromatic carbocycles. The van der Waals surface area contributed by atoms with Crippen molar-refractivity contribution in [3.8, 4) is 0 Å². The van der Waals surface area contributed by atoms with Gasteiger partial charge in [-0.1, -0.05) is 6.92 Å². The lowest BCUT2D eigenvalue weighted by Crippen LogP contribution is -2.18. The molecule has 6 heteroatoms. The first-order valence-corrected chi connectivity index (χ1v) is 9.32. The number of aromatic nitrogens is 2. The fourth-order valence-corrected chi connectivity index (χ4v) is 2.96. The van der Waals surface area contributed by atoms with Crippen LogP contribution in [0.5, 0.6) is 0 Å². The van der Waals surface area contributed by atoms with Crippen LogP contribution < -0.4 is 5.32 Å². The highest BCUT2D eigenvalue weighted by Gasteiger charge is 2.11. The SMILES string of the molecule is CCCNCCc1c(C)nn(CCCS(C)(=O)=O)c1C. The van der Waals surface area contributed by atoms with Crippen LogP contribution in [0.25, 0.3) is 0 Å². The van der Waals surface area contributed by atoms with E-state index in [4.69, 9.17) is 0 Å². The van der Waals surface area contributed by atoms with Crippen molar-refractivity contribution in [3.05, 3.63) is 17.0 Å². The normalized spacial score (nSPS) is 12.0. The molecule has 0 bridgehead atoms. The van der Waals surface area contributed by atoms with E-state index in [1.54, 1.807) is 0 Å². The second-order valence-corrected chi connectivity index (χ2v) is 7.62. The van der Waals surface area contributed by atoms with E-state index in [1.165, 1.54) is 11.8 Å². The monoisotopic (exact) mass is 301 g/mol. The molecule has 0 saturated carbocycles. The van der Waals surface area contributed by atoms with E-state index < -0.39 is 9.84 Å². The third-order valence-corrected chi connectivity index (χ3v) is 4.43. The lowest BCUT2D eigenvalue weighted by molar-refractivity contribution is 0.566.